The summed E-state index contributed by atoms with van der Waals surface area (Å²) < 4.78 is 0. The van der Waals surface area contributed by atoms with Crippen LogP contribution >= 0.6 is 0 Å². The first kappa shape index (κ1) is 10.2. The minimum Gasteiger partial charge on any atom is -0.508 e. The molecule has 0 fully saturated rings. The van der Waals surface area contributed by atoms with Crippen LogP contribution in [0.2, 0.25) is 0 Å². The van der Waals surface area contributed by atoms with Gasteiger partial charge in [0.05, 0.1) is 0 Å². The van der Waals surface area contributed by atoms with Gasteiger partial charge in [-0.25, -0.2) is 0 Å². The molecule has 80 valence electrons. The summed E-state index contributed by atoms with van der Waals surface area (Å²) in [5, 5.41) is 13.2. The SMILES string of the molecule is C=CC(C)NC1CCc2c(O)cccc21. The Hall–Kier alpha value is -1.28. The first-order chi connectivity index (χ1) is 7.22. The van der Waals surface area contributed by atoms with Crippen molar-refractivity contribution >= 4 is 0 Å². The van der Waals surface area contributed by atoms with Gasteiger partial charge < -0.3 is 10.4 Å². The van der Waals surface area contributed by atoms with E-state index in [1.54, 1.807) is 6.07 Å². The molecule has 2 atom stereocenters. The van der Waals surface area contributed by atoms with Crippen LogP contribution in [-0.4, -0.2) is 11.1 Å². The van der Waals surface area contributed by atoms with Crippen LogP contribution in [-0.2, 0) is 6.42 Å². The second-order valence-corrected chi connectivity index (χ2v) is 4.13. The van der Waals surface area contributed by atoms with Crippen molar-refractivity contribution in [1.82, 2.24) is 5.32 Å². The molecule has 1 aliphatic carbocycles. The van der Waals surface area contributed by atoms with Crippen LogP contribution in [0.15, 0.2) is 30.9 Å². The number of nitrogens with one attached hydrogen (secondary N) is 1. The maximum atomic E-state index is 9.69. The summed E-state index contributed by atoms with van der Waals surface area (Å²) in [7, 11) is 0. The van der Waals surface area contributed by atoms with E-state index in [1.165, 1.54) is 5.56 Å². The lowest BCUT2D eigenvalue weighted by Crippen LogP contribution is -2.27. The molecule has 2 heteroatoms. The van der Waals surface area contributed by atoms with E-state index >= 15 is 0 Å². The number of phenols is 1. The predicted molar refractivity (Wildman–Crippen MR) is 62.0 cm³/mol. The van der Waals surface area contributed by atoms with Crippen LogP contribution in [0.25, 0.3) is 0 Å². The third-order valence-electron chi connectivity index (χ3n) is 3.06. The molecule has 0 amide bonds. The van der Waals surface area contributed by atoms with Crippen molar-refractivity contribution in [2.45, 2.75) is 31.8 Å². The largest absolute Gasteiger partial charge is 0.508 e. The highest BCUT2D eigenvalue weighted by molar-refractivity contribution is 5.44. The Morgan fingerprint density at radius 3 is 3.13 bits per heavy atom. The van der Waals surface area contributed by atoms with Crippen molar-refractivity contribution in [3.05, 3.63) is 42.0 Å². The lowest BCUT2D eigenvalue weighted by molar-refractivity contribution is 0.469. The summed E-state index contributed by atoms with van der Waals surface area (Å²) in [6.45, 7) is 5.86. The van der Waals surface area contributed by atoms with Crippen LogP contribution in [0, 0.1) is 0 Å². The Morgan fingerprint density at radius 2 is 2.40 bits per heavy atom. The van der Waals surface area contributed by atoms with E-state index in [2.05, 4.69) is 24.9 Å². The van der Waals surface area contributed by atoms with Crippen LogP contribution in [0.4, 0.5) is 0 Å². The molecular formula is C13H17NO. The van der Waals surface area contributed by atoms with Crippen molar-refractivity contribution in [1.29, 1.82) is 0 Å². The Kier molecular flexibility index (Phi) is 2.78. The average Bonchev–Trinajstić information content (AvgIpc) is 2.63. The summed E-state index contributed by atoms with van der Waals surface area (Å²) in [5.41, 5.74) is 2.34. The van der Waals surface area contributed by atoms with Crippen molar-refractivity contribution in [3.63, 3.8) is 0 Å². The Morgan fingerprint density at radius 1 is 1.60 bits per heavy atom. The van der Waals surface area contributed by atoms with Gasteiger partial charge in [0, 0.05) is 12.1 Å². The monoisotopic (exact) mass is 203 g/mol. The third kappa shape index (κ3) is 1.90. The Labute approximate surface area is 90.6 Å². The quantitative estimate of drug-likeness (QED) is 0.740. The standard InChI is InChI=1S/C13H17NO/c1-3-9(2)14-12-8-7-11-10(12)5-4-6-13(11)15/h3-6,9,12,14-15H,1,7-8H2,2H3. The van der Waals surface area contributed by atoms with E-state index in [1.807, 2.05) is 12.1 Å². The number of rotatable bonds is 3. The molecule has 2 rings (SSSR count). The summed E-state index contributed by atoms with van der Waals surface area (Å²) >= 11 is 0. The molecule has 2 nitrogen and oxygen atoms in total. The van der Waals surface area contributed by atoms with Gasteiger partial charge in [0.25, 0.3) is 0 Å². The summed E-state index contributed by atoms with van der Waals surface area (Å²) in [6, 6.07) is 6.43. The first-order valence-electron chi connectivity index (χ1n) is 5.41. The fraction of sp³-hybridized carbons (Fsp3) is 0.385. The van der Waals surface area contributed by atoms with Crippen LogP contribution < -0.4 is 5.32 Å². The van der Waals surface area contributed by atoms with Gasteiger partial charge in [-0.1, -0.05) is 18.2 Å². The summed E-state index contributed by atoms with van der Waals surface area (Å²) in [6.07, 6.45) is 3.93. The van der Waals surface area contributed by atoms with Gasteiger partial charge in [0.1, 0.15) is 5.75 Å². The molecule has 0 saturated carbocycles. The molecule has 2 N–H and O–H groups in total. The summed E-state index contributed by atoms with van der Waals surface area (Å²) in [5.74, 6) is 0.433. The lowest BCUT2D eigenvalue weighted by Gasteiger charge is -2.17. The van der Waals surface area contributed by atoms with Gasteiger partial charge in [0.15, 0.2) is 0 Å². The van der Waals surface area contributed by atoms with Gasteiger partial charge in [0.2, 0.25) is 0 Å². The van der Waals surface area contributed by atoms with E-state index < -0.39 is 0 Å². The smallest absolute Gasteiger partial charge is 0.119 e. The van der Waals surface area contributed by atoms with Gasteiger partial charge >= 0.3 is 0 Å². The highest BCUT2D eigenvalue weighted by atomic mass is 16.3. The molecule has 1 aliphatic rings. The zero-order chi connectivity index (χ0) is 10.8. The summed E-state index contributed by atoms with van der Waals surface area (Å²) in [4.78, 5) is 0. The highest BCUT2D eigenvalue weighted by Gasteiger charge is 2.24. The molecule has 1 aromatic rings. The molecule has 15 heavy (non-hydrogen) atoms. The second kappa shape index (κ2) is 4.07. The van der Waals surface area contributed by atoms with Crippen molar-refractivity contribution < 1.29 is 5.11 Å². The molecule has 0 saturated heterocycles. The number of aromatic hydroxyl groups is 1. The van der Waals surface area contributed by atoms with Crippen LogP contribution in [0.1, 0.15) is 30.5 Å². The fourth-order valence-electron chi connectivity index (χ4n) is 2.19. The number of fused-ring (bicyclic) bond motifs is 1. The molecule has 0 aliphatic heterocycles. The molecule has 0 bridgehead atoms. The van der Waals surface area contributed by atoms with Crippen molar-refractivity contribution in [2.24, 2.45) is 0 Å². The van der Waals surface area contributed by atoms with Gasteiger partial charge in [-0.3, -0.25) is 0 Å². The molecule has 0 spiro atoms. The minimum absolute atomic E-state index is 0.309. The van der Waals surface area contributed by atoms with Crippen molar-refractivity contribution in [3.8, 4) is 5.75 Å². The van der Waals surface area contributed by atoms with Gasteiger partial charge in [-0.05, 0) is 37.0 Å². The molecule has 2 unspecified atom stereocenters. The van der Waals surface area contributed by atoms with E-state index in [0.29, 0.717) is 17.8 Å². The molecule has 1 aromatic carbocycles. The van der Waals surface area contributed by atoms with E-state index in [4.69, 9.17) is 0 Å². The topological polar surface area (TPSA) is 32.3 Å². The number of benzene rings is 1. The molecule has 0 aromatic heterocycles. The predicted octanol–water partition coefficient (Wildman–Crippen LogP) is 2.54. The Bertz CT molecular complexity index is 373. The second-order valence-electron chi connectivity index (χ2n) is 4.13. The van der Waals surface area contributed by atoms with E-state index in [-0.39, 0.29) is 0 Å². The maximum Gasteiger partial charge on any atom is 0.119 e. The molecule has 0 heterocycles. The normalized spacial score (nSPS) is 21.0. The zero-order valence-electron chi connectivity index (χ0n) is 9.03. The Balaban J connectivity index is 2.21. The number of phenolic OH excluding ortho intramolecular Hbond substituents is 1. The van der Waals surface area contributed by atoms with E-state index in [9.17, 15) is 5.11 Å². The van der Waals surface area contributed by atoms with Gasteiger partial charge in [-0.15, -0.1) is 6.58 Å². The third-order valence-corrected chi connectivity index (χ3v) is 3.06. The van der Waals surface area contributed by atoms with Crippen LogP contribution in [0.5, 0.6) is 5.75 Å². The minimum atomic E-state index is 0.309. The number of hydrogen-bond donors (Lipinski definition) is 2. The van der Waals surface area contributed by atoms with Crippen LogP contribution in [0.3, 0.4) is 0 Å². The average molecular weight is 203 g/mol. The lowest BCUT2D eigenvalue weighted by atomic mass is 10.1. The van der Waals surface area contributed by atoms with Gasteiger partial charge in [-0.2, -0.15) is 0 Å². The maximum absolute atomic E-state index is 9.69. The molecular weight excluding hydrogens is 186 g/mol. The highest BCUT2D eigenvalue weighted by Crippen LogP contribution is 2.36. The fourth-order valence-corrected chi connectivity index (χ4v) is 2.19. The zero-order valence-corrected chi connectivity index (χ0v) is 9.03. The first-order valence-corrected chi connectivity index (χ1v) is 5.41. The molecule has 0 radical (unpaired) electrons. The van der Waals surface area contributed by atoms with E-state index in [0.717, 1.165) is 18.4 Å². The number of hydrogen-bond acceptors (Lipinski definition) is 2. The van der Waals surface area contributed by atoms with Crippen molar-refractivity contribution in [2.75, 3.05) is 0 Å².